The number of nitrogens with zero attached hydrogens (tertiary/aromatic N) is 5. The number of halogens is 1. The molecule has 8 nitrogen and oxygen atoms in total. The molecule has 6 rings (SSSR count). The van der Waals surface area contributed by atoms with Crippen LogP contribution in [0.4, 0.5) is 0 Å². The van der Waals surface area contributed by atoms with E-state index in [0.29, 0.717) is 29.7 Å². The number of hydrogen-bond acceptors (Lipinski definition) is 6. The second-order valence-electron chi connectivity index (χ2n) is 9.78. The van der Waals surface area contributed by atoms with E-state index >= 15 is 0 Å². The third kappa shape index (κ3) is 4.14. The van der Waals surface area contributed by atoms with E-state index in [1.54, 1.807) is 10.7 Å². The highest BCUT2D eigenvalue weighted by atomic mass is 35.5. The molecule has 0 amide bonds. The molecule has 1 aliphatic rings. The molecule has 0 bridgehead atoms. The van der Waals surface area contributed by atoms with E-state index in [9.17, 15) is 4.79 Å². The molecule has 3 aromatic heterocycles. The van der Waals surface area contributed by atoms with Crippen molar-refractivity contribution in [2.45, 2.75) is 25.8 Å². The van der Waals surface area contributed by atoms with Gasteiger partial charge in [-0.25, -0.2) is 9.48 Å². The van der Waals surface area contributed by atoms with E-state index in [0.717, 1.165) is 57.3 Å². The van der Waals surface area contributed by atoms with Crippen LogP contribution < -0.4 is 0 Å². The first-order valence-corrected chi connectivity index (χ1v) is 13.1. The van der Waals surface area contributed by atoms with Gasteiger partial charge in [0.2, 0.25) is 0 Å². The van der Waals surface area contributed by atoms with E-state index in [4.69, 9.17) is 26.1 Å². The number of hydrogen-bond donors (Lipinski definition) is 0. The SMILES string of the molecule is COC(=O)c1ccc2c3ncc(-c4c(C)nnn4C)cc3n(C(c3cccc(Cl)c3)C3CCOCC3)c2c1. The maximum absolute atomic E-state index is 12.6. The maximum atomic E-state index is 12.6. The summed E-state index contributed by atoms with van der Waals surface area (Å²) in [6.07, 6.45) is 3.69. The molecule has 194 valence electrons. The lowest BCUT2D eigenvalue weighted by molar-refractivity contribution is 0.0553. The Morgan fingerprint density at radius 3 is 2.66 bits per heavy atom. The summed E-state index contributed by atoms with van der Waals surface area (Å²) in [5.41, 5.74) is 7.03. The predicted octanol–water partition coefficient (Wildman–Crippen LogP) is 5.75. The van der Waals surface area contributed by atoms with E-state index in [-0.39, 0.29) is 12.0 Å². The van der Waals surface area contributed by atoms with Crippen molar-refractivity contribution in [2.75, 3.05) is 20.3 Å². The van der Waals surface area contributed by atoms with E-state index in [2.05, 4.69) is 27.0 Å². The summed E-state index contributed by atoms with van der Waals surface area (Å²) >= 11 is 6.51. The van der Waals surface area contributed by atoms with Gasteiger partial charge in [-0.3, -0.25) is 4.98 Å². The van der Waals surface area contributed by atoms with Crippen LogP contribution >= 0.6 is 11.6 Å². The van der Waals surface area contributed by atoms with Gasteiger partial charge < -0.3 is 14.0 Å². The van der Waals surface area contributed by atoms with Gasteiger partial charge in [-0.2, -0.15) is 0 Å². The van der Waals surface area contributed by atoms with E-state index in [1.165, 1.54) is 7.11 Å². The van der Waals surface area contributed by atoms with Crippen LogP contribution in [0.5, 0.6) is 0 Å². The zero-order chi connectivity index (χ0) is 26.4. The third-order valence-corrected chi connectivity index (χ3v) is 7.75. The number of fused-ring (bicyclic) bond motifs is 3. The summed E-state index contributed by atoms with van der Waals surface area (Å²) in [4.78, 5) is 17.5. The van der Waals surface area contributed by atoms with Crippen molar-refractivity contribution in [1.29, 1.82) is 0 Å². The Balaban J connectivity index is 1.69. The van der Waals surface area contributed by atoms with Crippen molar-refractivity contribution in [3.05, 3.63) is 76.6 Å². The first-order valence-electron chi connectivity index (χ1n) is 12.7. The number of esters is 1. The molecule has 2 aromatic carbocycles. The monoisotopic (exact) mass is 529 g/mol. The van der Waals surface area contributed by atoms with Crippen LogP contribution in [0.25, 0.3) is 33.2 Å². The summed E-state index contributed by atoms with van der Waals surface area (Å²) in [7, 11) is 3.28. The molecule has 4 heterocycles. The molecule has 9 heteroatoms. The summed E-state index contributed by atoms with van der Waals surface area (Å²) in [5.74, 6) is -0.0779. The third-order valence-electron chi connectivity index (χ3n) is 7.51. The lowest BCUT2D eigenvalue weighted by atomic mass is 9.86. The molecule has 1 atom stereocenters. The zero-order valence-electron chi connectivity index (χ0n) is 21.5. The van der Waals surface area contributed by atoms with Gasteiger partial charge in [0, 0.05) is 42.4 Å². The quantitative estimate of drug-likeness (QED) is 0.270. The number of rotatable bonds is 5. The Labute approximate surface area is 225 Å². The molecule has 0 spiro atoms. The van der Waals surface area contributed by atoms with Crippen molar-refractivity contribution in [1.82, 2.24) is 24.5 Å². The molecule has 0 aliphatic carbocycles. The molecule has 5 aromatic rings. The predicted molar refractivity (Wildman–Crippen MR) is 146 cm³/mol. The van der Waals surface area contributed by atoms with Gasteiger partial charge in [-0.15, -0.1) is 5.10 Å². The van der Waals surface area contributed by atoms with Gasteiger partial charge >= 0.3 is 5.97 Å². The highest BCUT2D eigenvalue weighted by molar-refractivity contribution is 6.30. The van der Waals surface area contributed by atoms with Crippen molar-refractivity contribution >= 4 is 39.5 Å². The molecule has 1 aliphatic heterocycles. The maximum Gasteiger partial charge on any atom is 0.337 e. The highest BCUT2D eigenvalue weighted by Crippen LogP contribution is 2.42. The van der Waals surface area contributed by atoms with Crippen LogP contribution in [0.3, 0.4) is 0 Å². The number of carbonyl (C=O) groups excluding carboxylic acids is 1. The lowest BCUT2D eigenvalue weighted by Crippen LogP contribution is -2.27. The summed E-state index contributed by atoms with van der Waals surface area (Å²) < 4.78 is 14.9. The fourth-order valence-corrected chi connectivity index (χ4v) is 5.99. The molecule has 0 N–H and O–H groups in total. The normalized spacial score (nSPS) is 15.3. The van der Waals surface area contributed by atoms with Crippen LogP contribution in [0.1, 0.15) is 40.5 Å². The van der Waals surface area contributed by atoms with Gasteiger partial charge in [0.05, 0.1) is 46.7 Å². The second-order valence-corrected chi connectivity index (χ2v) is 10.2. The fraction of sp³-hybridized carbons (Fsp3) is 0.310. The van der Waals surface area contributed by atoms with Gasteiger partial charge in [-0.05, 0) is 67.6 Å². The second kappa shape index (κ2) is 9.85. The van der Waals surface area contributed by atoms with Crippen molar-refractivity contribution in [3.8, 4) is 11.3 Å². The molecule has 0 saturated carbocycles. The molecule has 38 heavy (non-hydrogen) atoms. The molecule has 0 radical (unpaired) electrons. The molecule has 1 saturated heterocycles. The Morgan fingerprint density at radius 1 is 1.13 bits per heavy atom. The standard InChI is InChI=1S/C29H28ClN5O3/c1-17-27(34(2)33-32-17)21-15-25-26(31-16-21)23-8-7-20(29(36)37-3)14-24(23)35(25)28(18-9-11-38-12-10-18)19-5-4-6-22(30)13-19/h4-8,13-16,18,28H,9-12H2,1-3H3. The van der Waals surface area contributed by atoms with Crippen LogP contribution in [0.15, 0.2) is 54.7 Å². The summed E-state index contributed by atoms with van der Waals surface area (Å²) in [6, 6.07) is 15.8. The van der Waals surface area contributed by atoms with E-state index in [1.807, 2.05) is 50.5 Å². The summed E-state index contributed by atoms with van der Waals surface area (Å²) in [5, 5.41) is 10.1. The van der Waals surface area contributed by atoms with Gasteiger partial charge in [0.15, 0.2) is 0 Å². The number of aryl methyl sites for hydroxylation is 2. The Bertz CT molecular complexity index is 1650. The minimum Gasteiger partial charge on any atom is -0.465 e. The zero-order valence-corrected chi connectivity index (χ0v) is 22.3. The molecular weight excluding hydrogens is 502 g/mol. The Hall–Kier alpha value is -3.75. The first-order chi connectivity index (χ1) is 18.5. The number of pyridine rings is 1. The van der Waals surface area contributed by atoms with Gasteiger partial charge in [0.25, 0.3) is 0 Å². The smallest absolute Gasteiger partial charge is 0.337 e. The van der Waals surface area contributed by atoms with Crippen molar-refractivity contribution in [2.24, 2.45) is 13.0 Å². The van der Waals surface area contributed by atoms with Crippen LogP contribution in [0, 0.1) is 12.8 Å². The number of carbonyl (C=O) groups is 1. The minimum absolute atomic E-state index is 0.0479. The fourth-order valence-electron chi connectivity index (χ4n) is 5.79. The van der Waals surface area contributed by atoms with Crippen LogP contribution in [-0.4, -0.2) is 50.8 Å². The Kier molecular flexibility index (Phi) is 6.37. The molecular formula is C29H28ClN5O3. The van der Waals surface area contributed by atoms with E-state index < -0.39 is 0 Å². The lowest BCUT2D eigenvalue weighted by Gasteiger charge is -2.33. The average Bonchev–Trinajstić information content (AvgIpc) is 3.44. The number of methoxy groups -OCH3 is 1. The van der Waals surface area contributed by atoms with Gasteiger partial charge in [-0.1, -0.05) is 28.9 Å². The topological polar surface area (TPSA) is 84.1 Å². The summed E-state index contributed by atoms with van der Waals surface area (Å²) in [6.45, 7) is 3.35. The number of ether oxygens (including phenoxy) is 2. The molecule has 1 fully saturated rings. The van der Waals surface area contributed by atoms with Crippen molar-refractivity contribution in [3.63, 3.8) is 0 Å². The first kappa shape index (κ1) is 24.6. The average molecular weight is 530 g/mol. The highest BCUT2D eigenvalue weighted by Gasteiger charge is 2.31. The Morgan fingerprint density at radius 2 is 1.95 bits per heavy atom. The molecule has 1 unspecified atom stereocenters. The largest absolute Gasteiger partial charge is 0.465 e. The van der Waals surface area contributed by atoms with Crippen molar-refractivity contribution < 1.29 is 14.3 Å². The van der Waals surface area contributed by atoms with Crippen LogP contribution in [-0.2, 0) is 16.5 Å². The number of benzene rings is 2. The van der Waals surface area contributed by atoms with Crippen LogP contribution in [0.2, 0.25) is 5.02 Å². The minimum atomic E-state index is -0.376. The van der Waals surface area contributed by atoms with Gasteiger partial charge in [0.1, 0.15) is 0 Å². The number of aromatic nitrogens is 5.